The fraction of sp³-hybridized carbons (Fsp3) is 0.147. The molecule has 2 atom stereocenters. The smallest absolute Gasteiger partial charge is 0.0517 e. The number of fused-ring (bicyclic) bond motifs is 6. The molecule has 12 aromatic carbocycles. The minimum absolute atomic E-state index is 0.0280. The van der Waals surface area contributed by atoms with Crippen LogP contribution in [0.25, 0.3) is 109 Å². The zero-order chi connectivity index (χ0) is 46.9. The second-order valence-corrected chi connectivity index (χ2v) is 20.9. The van der Waals surface area contributed by atoms with Crippen LogP contribution in [0, 0.1) is 0 Å². The average Bonchev–Trinajstić information content (AvgIpc) is 3.61. The largest absolute Gasteiger partial charge is 0.378 e. The standard InChI is InChI=1S/C68H54N2/c1-67-38-11-12-39-68(67,2)70(48-31-29-47(30-32-48)69(3)4)64-37-28-46(40-63(64)67)59-41-60(52-25-13-19-43-16-5-8-22-49(43)52)56-35-36-58-62(54-27-15-21-45-18-7-10-24-51(45)54)42-61(57-34-33-55(59)65(56)66(57)58)53-26-14-20-44-17-6-9-23-50(44)53/h5-10,13-37,40-42H,11-12,38-39H2,1-4H3. The third-order valence-corrected chi connectivity index (χ3v) is 17.2. The van der Waals surface area contributed by atoms with E-state index >= 15 is 0 Å². The predicted molar refractivity (Wildman–Crippen MR) is 302 cm³/mol. The summed E-state index contributed by atoms with van der Waals surface area (Å²) in [5.74, 6) is 0. The van der Waals surface area contributed by atoms with E-state index in [9.17, 15) is 0 Å². The van der Waals surface area contributed by atoms with Crippen molar-refractivity contribution in [2.75, 3.05) is 23.9 Å². The Labute approximate surface area is 410 Å². The molecule has 336 valence electrons. The summed E-state index contributed by atoms with van der Waals surface area (Å²) >= 11 is 0. The predicted octanol–water partition coefficient (Wildman–Crippen LogP) is 18.5. The van der Waals surface area contributed by atoms with Crippen LogP contribution in [0.1, 0.15) is 45.1 Å². The SMILES string of the molecule is CN(C)c1ccc(N2c3ccc(-c4cc(-c5cccc6ccccc56)c5ccc6c(-c7cccc8ccccc78)cc(-c7cccc8ccccc78)c7ccc4c5c76)cc3C3(C)CCCCC23C)cc1. The minimum Gasteiger partial charge on any atom is -0.378 e. The van der Waals surface area contributed by atoms with Crippen LogP contribution in [-0.4, -0.2) is 19.6 Å². The highest BCUT2D eigenvalue weighted by atomic mass is 15.3. The van der Waals surface area contributed by atoms with E-state index in [1.165, 1.54) is 151 Å². The fourth-order valence-corrected chi connectivity index (χ4v) is 13.5. The maximum Gasteiger partial charge on any atom is 0.0517 e. The van der Waals surface area contributed by atoms with Crippen molar-refractivity contribution in [3.63, 3.8) is 0 Å². The first-order chi connectivity index (χ1) is 34.3. The summed E-state index contributed by atoms with van der Waals surface area (Å²) in [7, 11) is 4.25. The third kappa shape index (κ3) is 5.80. The van der Waals surface area contributed by atoms with E-state index in [0.717, 1.165) is 6.42 Å². The van der Waals surface area contributed by atoms with Crippen LogP contribution < -0.4 is 9.80 Å². The summed E-state index contributed by atoms with van der Waals surface area (Å²) in [5.41, 5.74) is 15.4. The van der Waals surface area contributed by atoms with E-state index in [4.69, 9.17) is 0 Å². The molecule has 0 radical (unpaired) electrons. The Kier molecular flexibility index (Phi) is 8.96. The molecule has 70 heavy (non-hydrogen) atoms. The van der Waals surface area contributed by atoms with Crippen LogP contribution >= 0.6 is 0 Å². The van der Waals surface area contributed by atoms with Crippen LogP contribution in [0.2, 0.25) is 0 Å². The highest BCUT2D eigenvalue weighted by molar-refractivity contribution is 6.33. The summed E-state index contributed by atoms with van der Waals surface area (Å²) in [6.07, 6.45) is 4.81. The first-order valence-electron chi connectivity index (χ1n) is 25.2. The van der Waals surface area contributed by atoms with Gasteiger partial charge in [-0.15, -0.1) is 0 Å². The normalized spacial score (nSPS) is 17.9. The number of benzene rings is 12. The molecule has 1 aliphatic heterocycles. The molecule has 12 aromatic rings. The molecular formula is C68H54N2. The van der Waals surface area contributed by atoms with Crippen molar-refractivity contribution in [2.24, 2.45) is 0 Å². The molecule has 0 spiro atoms. The van der Waals surface area contributed by atoms with Crippen molar-refractivity contribution in [3.05, 3.63) is 212 Å². The van der Waals surface area contributed by atoms with Gasteiger partial charge in [0, 0.05) is 36.6 Å². The van der Waals surface area contributed by atoms with Crippen LogP contribution in [-0.2, 0) is 5.41 Å². The Bertz CT molecular complexity index is 3970. The summed E-state index contributed by atoms with van der Waals surface area (Å²) in [6.45, 7) is 5.11. The summed E-state index contributed by atoms with van der Waals surface area (Å²) < 4.78 is 0. The van der Waals surface area contributed by atoms with Gasteiger partial charge in [0.2, 0.25) is 0 Å². The molecule has 1 heterocycles. The van der Waals surface area contributed by atoms with E-state index in [0.29, 0.717) is 0 Å². The molecule has 1 saturated carbocycles. The molecule has 2 heteroatoms. The van der Waals surface area contributed by atoms with E-state index in [-0.39, 0.29) is 11.0 Å². The van der Waals surface area contributed by atoms with Gasteiger partial charge in [-0.2, -0.15) is 0 Å². The molecule has 14 rings (SSSR count). The Balaban J connectivity index is 1.10. The molecule has 1 fully saturated rings. The average molecular weight is 899 g/mol. The Morgan fingerprint density at radius 2 is 0.829 bits per heavy atom. The quantitative estimate of drug-likeness (QED) is 0.153. The van der Waals surface area contributed by atoms with Crippen LogP contribution in [0.5, 0.6) is 0 Å². The molecule has 1 aliphatic carbocycles. The van der Waals surface area contributed by atoms with Gasteiger partial charge in [0.15, 0.2) is 0 Å². The first-order valence-corrected chi connectivity index (χ1v) is 25.2. The third-order valence-electron chi connectivity index (χ3n) is 17.2. The topological polar surface area (TPSA) is 6.48 Å². The van der Waals surface area contributed by atoms with Gasteiger partial charge in [0.1, 0.15) is 0 Å². The second-order valence-electron chi connectivity index (χ2n) is 20.9. The molecule has 2 aliphatic rings. The van der Waals surface area contributed by atoms with Crippen molar-refractivity contribution >= 4 is 81.7 Å². The zero-order valence-electron chi connectivity index (χ0n) is 40.4. The van der Waals surface area contributed by atoms with Gasteiger partial charge in [0.05, 0.1) is 5.54 Å². The van der Waals surface area contributed by atoms with Gasteiger partial charge in [0.25, 0.3) is 0 Å². The van der Waals surface area contributed by atoms with Crippen LogP contribution in [0.15, 0.2) is 206 Å². The zero-order valence-corrected chi connectivity index (χ0v) is 40.4. The molecule has 0 bridgehead atoms. The Hall–Kier alpha value is -7.94. The van der Waals surface area contributed by atoms with E-state index < -0.39 is 0 Å². The van der Waals surface area contributed by atoms with Gasteiger partial charge < -0.3 is 9.80 Å². The lowest BCUT2D eigenvalue weighted by Gasteiger charge is -2.50. The molecule has 2 unspecified atom stereocenters. The summed E-state index contributed by atoms with van der Waals surface area (Å²) in [6, 6.07) is 78.7. The summed E-state index contributed by atoms with van der Waals surface area (Å²) in [4.78, 5) is 4.90. The van der Waals surface area contributed by atoms with Crippen molar-refractivity contribution in [3.8, 4) is 44.5 Å². The Morgan fingerprint density at radius 3 is 1.33 bits per heavy atom. The van der Waals surface area contributed by atoms with Gasteiger partial charge in [-0.05, 0) is 183 Å². The van der Waals surface area contributed by atoms with Gasteiger partial charge in [-0.3, -0.25) is 0 Å². The molecule has 0 aromatic heterocycles. The number of rotatable bonds is 6. The Morgan fingerprint density at radius 1 is 0.386 bits per heavy atom. The van der Waals surface area contributed by atoms with E-state index in [1.54, 1.807) is 0 Å². The van der Waals surface area contributed by atoms with E-state index in [2.05, 4.69) is 244 Å². The number of nitrogens with zero attached hydrogens (tertiary/aromatic N) is 2. The van der Waals surface area contributed by atoms with Crippen molar-refractivity contribution in [1.82, 2.24) is 0 Å². The van der Waals surface area contributed by atoms with Crippen molar-refractivity contribution in [1.29, 1.82) is 0 Å². The van der Waals surface area contributed by atoms with Crippen LogP contribution in [0.4, 0.5) is 17.1 Å². The monoisotopic (exact) mass is 898 g/mol. The van der Waals surface area contributed by atoms with Crippen molar-refractivity contribution < 1.29 is 0 Å². The molecule has 2 nitrogen and oxygen atoms in total. The first kappa shape index (κ1) is 41.1. The molecule has 0 saturated heterocycles. The van der Waals surface area contributed by atoms with Gasteiger partial charge >= 0.3 is 0 Å². The highest BCUT2D eigenvalue weighted by Crippen LogP contribution is 2.62. The van der Waals surface area contributed by atoms with Gasteiger partial charge in [-0.25, -0.2) is 0 Å². The van der Waals surface area contributed by atoms with Gasteiger partial charge in [-0.1, -0.05) is 177 Å². The lowest BCUT2D eigenvalue weighted by atomic mass is 9.61. The minimum atomic E-state index is -0.0569. The number of hydrogen-bond donors (Lipinski definition) is 0. The maximum atomic E-state index is 2.71. The van der Waals surface area contributed by atoms with Crippen molar-refractivity contribution in [2.45, 2.75) is 50.5 Å². The maximum absolute atomic E-state index is 2.71. The lowest BCUT2D eigenvalue weighted by Crippen LogP contribution is -2.54. The highest BCUT2D eigenvalue weighted by Gasteiger charge is 2.57. The lowest BCUT2D eigenvalue weighted by molar-refractivity contribution is 0.195. The fourth-order valence-electron chi connectivity index (χ4n) is 13.5. The molecule has 0 amide bonds. The number of anilines is 3. The summed E-state index contributed by atoms with van der Waals surface area (Å²) in [5, 5.41) is 15.4. The van der Waals surface area contributed by atoms with E-state index in [1.807, 2.05) is 0 Å². The molecule has 0 N–H and O–H groups in total. The molecular weight excluding hydrogens is 845 g/mol. The second kappa shape index (κ2) is 15.3. The number of hydrogen-bond acceptors (Lipinski definition) is 2. The van der Waals surface area contributed by atoms with Crippen LogP contribution in [0.3, 0.4) is 0 Å².